The number of aryl methyl sites for hydroxylation is 1. The fraction of sp³-hybridized carbons (Fsp3) is 0.231. The van der Waals surface area contributed by atoms with Gasteiger partial charge in [0.25, 0.3) is 5.56 Å². The van der Waals surface area contributed by atoms with Crippen LogP contribution in [0.1, 0.15) is 41.7 Å². The maximum Gasteiger partial charge on any atom is 0.313 e. The van der Waals surface area contributed by atoms with Crippen molar-refractivity contribution < 1.29 is 24.2 Å². The molecule has 5 rings (SSSR count). The van der Waals surface area contributed by atoms with Crippen LogP contribution in [0.2, 0.25) is 0 Å². The molecule has 246 valence electrons. The molecule has 4 aromatic carbocycles. The highest BCUT2D eigenvalue weighted by atomic mass is 16.5. The number of aromatic nitrogens is 1. The van der Waals surface area contributed by atoms with E-state index in [-0.39, 0.29) is 36.5 Å². The summed E-state index contributed by atoms with van der Waals surface area (Å²) in [4.78, 5) is 52.8. The van der Waals surface area contributed by atoms with Crippen LogP contribution in [-0.2, 0) is 39.2 Å². The van der Waals surface area contributed by atoms with Gasteiger partial charge in [0.2, 0.25) is 11.8 Å². The first-order valence-electron chi connectivity index (χ1n) is 15.7. The molecular formula is C39H39N3O6. The summed E-state index contributed by atoms with van der Waals surface area (Å²) in [6.45, 7) is 5.28. The van der Waals surface area contributed by atoms with Gasteiger partial charge in [0.1, 0.15) is 17.5 Å². The summed E-state index contributed by atoms with van der Waals surface area (Å²) < 4.78 is 6.74. The topological polar surface area (TPSA) is 127 Å². The lowest BCUT2D eigenvalue weighted by molar-refractivity contribution is -0.142. The zero-order valence-corrected chi connectivity index (χ0v) is 27.4. The van der Waals surface area contributed by atoms with Crippen LogP contribution in [0.25, 0.3) is 10.8 Å². The highest BCUT2D eigenvalue weighted by molar-refractivity contribution is 5.98. The third kappa shape index (κ3) is 7.63. The fourth-order valence-electron chi connectivity index (χ4n) is 5.57. The smallest absolute Gasteiger partial charge is 0.313 e. The van der Waals surface area contributed by atoms with Gasteiger partial charge < -0.3 is 25.0 Å². The molecule has 0 aliphatic rings. The van der Waals surface area contributed by atoms with E-state index in [1.54, 1.807) is 64.4 Å². The van der Waals surface area contributed by atoms with Gasteiger partial charge >= 0.3 is 5.97 Å². The van der Waals surface area contributed by atoms with E-state index in [4.69, 9.17) is 4.74 Å². The van der Waals surface area contributed by atoms with E-state index < -0.39 is 23.3 Å². The number of nitrogens with one attached hydrogen (secondary N) is 2. The molecule has 0 spiro atoms. The zero-order chi connectivity index (χ0) is 34.4. The second-order valence-electron chi connectivity index (χ2n) is 12.4. The van der Waals surface area contributed by atoms with Crippen molar-refractivity contribution in [3.8, 4) is 5.75 Å². The molecule has 2 amide bonds. The summed E-state index contributed by atoms with van der Waals surface area (Å²) in [7, 11) is 1.59. The molecular weight excluding hydrogens is 606 g/mol. The van der Waals surface area contributed by atoms with Gasteiger partial charge in [-0.05, 0) is 77.6 Å². The highest BCUT2D eigenvalue weighted by Gasteiger charge is 2.30. The van der Waals surface area contributed by atoms with Crippen molar-refractivity contribution in [2.75, 3.05) is 12.4 Å². The first-order chi connectivity index (χ1) is 23.0. The largest absolute Gasteiger partial charge is 0.497 e. The van der Waals surface area contributed by atoms with Gasteiger partial charge in [-0.2, -0.15) is 0 Å². The molecule has 5 aromatic rings. The molecule has 0 aliphatic carbocycles. The second-order valence-corrected chi connectivity index (χ2v) is 12.4. The zero-order valence-electron chi connectivity index (χ0n) is 27.4. The number of hydrogen-bond acceptors (Lipinski definition) is 5. The number of rotatable bonds is 12. The van der Waals surface area contributed by atoms with Gasteiger partial charge in [-0.25, -0.2) is 0 Å². The number of amides is 2. The Morgan fingerprint density at radius 2 is 1.54 bits per heavy atom. The quantitative estimate of drug-likeness (QED) is 0.161. The monoisotopic (exact) mass is 645 g/mol. The van der Waals surface area contributed by atoms with E-state index in [1.165, 1.54) is 4.57 Å². The lowest BCUT2D eigenvalue weighted by Gasteiger charge is -2.22. The third-order valence-electron chi connectivity index (χ3n) is 8.67. The molecule has 0 radical (unpaired) electrons. The molecule has 0 saturated carbocycles. The van der Waals surface area contributed by atoms with Crippen LogP contribution in [0.5, 0.6) is 5.75 Å². The molecule has 48 heavy (non-hydrogen) atoms. The van der Waals surface area contributed by atoms with Crippen molar-refractivity contribution in [2.45, 2.75) is 51.6 Å². The third-order valence-corrected chi connectivity index (χ3v) is 8.67. The van der Waals surface area contributed by atoms with Crippen LogP contribution in [0.4, 0.5) is 5.69 Å². The fourth-order valence-corrected chi connectivity index (χ4v) is 5.57. The van der Waals surface area contributed by atoms with Crippen molar-refractivity contribution in [3.05, 3.63) is 141 Å². The van der Waals surface area contributed by atoms with E-state index in [9.17, 15) is 24.3 Å². The van der Waals surface area contributed by atoms with Crippen LogP contribution in [0, 0.1) is 6.92 Å². The number of carboxylic acids is 1. The number of nitrogens with zero attached hydrogens (tertiary/aromatic N) is 1. The van der Waals surface area contributed by atoms with Crippen LogP contribution in [0.3, 0.4) is 0 Å². The molecule has 1 atom stereocenters. The average Bonchev–Trinajstić information content (AvgIpc) is 3.08. The van der Waals surface area contributed by atoms with Gasteiger partial charge in [-0.15, -0.1) is 0 Å². The van der Waals surface area contributed by atoms with E-state index >= 15 is 0 Å². The molecule has 0 aliphatic heterocycles. The summed E-state index contributed by atoms with van der Waals surface area (Å²) in [6.07, 6.45) is 1.85. The Balaban J connectivity index is 1.41. The Hall–Kier alpha value is -5.70. The molecule has 3 N–H and O–H groups in total. The Morgan fingerprint density at radius 1 is 0.875 bits per heavy atom. The first kappa shape index (κ1) is 33.7. The van der Waals surface area contributed by atoms with Crippen molar-refractivity contribution in [2.24, 2.45) is 0 Å². The molecule has 9 nitrogen and oxygen atoms in total. The maximum absolute atomic E-state index is 13.9. The summed E-state index contributed by atoms with van der Waals surface area (Å²) >= 11 is 0. The van der Waals surface area contributed by atoms with E-state index in [2.05, 4.69) is 10.6 Å². The molecule has 1 aromatic heterocycles. The minimum atomic E-state index is -1.10. The Kier molecular flexibility index (Phi) is 10.1. The number of pyridine rings is 1. The van der Waals surface area contributed by atoms with Gasteiger partial charge in [-0.3, -0.25) is 19.2 Å². The predicted octanol–water partition coefficient (Wildman–Crippen LogP) is 5.64. The van der Waals surface area contributed by atoms with Crippen molar-refractivity contribution >= 4 is 34.2 Å². The summed E-state index contributed by atoms with van der Waals surface area (Å²) in [6, 6.07) is 28.6. The first-order valence-corrected chi connectivity index (χ1v) is 15.7. The summed E-state index contributed by atoms with van der Waals surface area (Å²) in [5.74, 6) is -1.14. The number of benzene rings is 4. The van der Waals surface area contributed by atoms with Gasteiger partial charge in [0.05, 0.1) is 25.5 Å². The Bertz CT molecular complexity index is 2010. The van der Waals surface area contributed by atoms with E-state index in [1.807, 2.05) is 66.7 Å². The maximum atomic E-state index is 13.9. The number of methoxy groups -OCH3 is 1. The molecule has 9 heteroatoms. The molecule has 0 fully saturated rings. The minimum Gasteiger partial charge on any atom is -0.497 e. The van der Waals surface area contributed by atoms with Gasteiger partial charge in [0, 0.05) is 12.6 Å². The molecule has 0 bridgehead atoms. The number of aliphatic carboxylic acids is 1. The van der Waals surface area contributed by atoms with Crippen LogP contribution >= 0.6 is 0 Å². The SMILES string of the molecule is COc1ccc(Cn2ccc(C)c(NC(=O)C(Cc3ccc(C(C)(C)C(=O)O)cc3)NC(=O)Cc3cccc4ccccc34)c2=O)cc1. The molecule has 1 heterocycles. The van der Waals surface area contributed by atoms with Crippen LogP contribution in [0.15, 0.2) is 108 Å². The van der Waals surface area contributed by atoms with Crippen LogP contribution < -0.4 is 20.9 Å². The number of anilines is 1. The molecule has 1 unspecified atom stereocenters. The number of carboxylic acid groups (broad SMARTS) is 1. The summed E-state index contributed by atoms with van der Waals surface area (Å²) in [5, 5.41) is 17.3. The van der Waals surface area contributed by atoms with Crippen LogP contribution in [-0.4, -0.2) is 40.6 Å². The Morgan fingerprint density at radius 3 is 2.23 bits per heavy atom. The number of fused-ring (bicyclic) bond motifs is 1. The number of carbonyl (C=O) groups is 3. The highest BCUT2D eigenvalue weighted by Crippen LogP contribution is 2.24. The minimum absolute atomic E-state index is 0.0515. The molecule has 0 saturated heterocycles. The van der Waals surface area contributed by atoms with Crippen molar-refractivity contribution in [1.82, 2.24) is 9.88 Å². The number of ether oxygens (including phenoxy) is 1. The normalized spacial score (nSPS) is 11.9. The number of hydrogen-bond donors (Lipinski definition) is 3. The predicted molar refractivity (Wildman–Crippen MR) is 187 cm³/mol. The Labute approximate surface area is 279 Å². The van der Waals surface area contributed by atoms with E-state index in [0.29, 0.717) is 22.4 Å². The number of carbonyl (C=O) groups excluding carboxylic acids is 2. The van der Waals surface area contributed by atoms with E-state index in [0.717, 1.165) is 21.9 Å². The second kappa shape index (κ2) is 14.4. The lowest BCUT2D eigenvalue weighted by Crippen LogP contribution is -2.46. The average molecular weight is 646 g/mol. The lowest BCUT2D eigenvalue weighted by atomic mass is 9.84. The van der Waals surface area contributed by atoms with Gasteiger partial charge in [-0.1, -0.05) is 78.9 Å². The van der Waals surface area contributed by atoms with Crippen molar-refractivity contribution in [3.63, 3.8) is 0 Å². The van der Waals surface area contributed by atoms with Crippen molar-refractivity contribution in [1.29, 1.82) is 0 Å². The van der Waals surface area contributed by atoms with Gasteiger partial charge in [0.15, 0.2) is 0 Å². The standard InChI is InChI=1S/C39H39N3O6/c1-25-20-21-42(24-27-14-18-31(48-4)19-15-27)37(45)35(25)41-36(44)33(22-26-12-16-30(17-13-26)39(2,3)38(46)47)40-34(43)23-29-10-7-9-28-8-5-6-11-32(28)29/h5-21,33H,22-24H2,1-4H3,(H,40,43)(H,41,44)(H,46,47). The summed E-state index contributed by atoms with van der Waals surface area (Å²) in [5.41, 5.74) is 2.27.